The second-order valence-electron chi connectivity index (χ2n) is 6.15. The Morgan fingerprint density at radius 3 is 2.29 bits per heavy atom. The van der Waals surface area contributed by atoms with E-state index in [0.29, 0.717) is 11.1 Å². The number of carbonyl (C=O) groups is 2. The van der Waals surface area contributed by atoms with Crippen LogP contribution < -0.4 is 10.6 Å². The van der Waals surface area contributed by atoms with E-state index in [0.717, 1.165) is 9.87 Å². The average molecular weight is 401 g/mol. The number of hydrogen-bond acceptors (Lipinski definition) is 4. The number of hydrogen-bond donors (Lipinski definition) is 2. The van der Waals surface area contributed by atoms with Crippen LogP contribution in [-0.4, -0.2) is 45.7 Å². The van der Waals surface area contributed by atoms with Gasteiger partial charge in [0.1, 0.15) is 0 Å². The zero-order valence-corrected chi connectivity index (χ0v) is 16.8. The van der Waals surface area contributed by atoms with Crippen LogP contribution in [0.4, 0.5) is 0 Å². The molecule has 0 unspecified atom stereocenters. The molecule has 28 heavy (non-hydrogen) atoms. The van der Waals surface area contributed by atoms with Gasteiger partial charge in [-0.25, -0.2) is 12.7 Å². The number of amides is 2. The predicted molar refractivity (Wildman–Crippen MR) is 108 cm³/mol. The van der Waals surface area contributed by atoms with E-state index in [1.165, 1.54) is 26.2 Å². The Hall–Kier alpha value is -2.97. The first-order valence-electron chi connectivity index (χ1n) is 8.54. The van der Waals surface area contributed by atoms with Crippen molar-refractivity contribution in [2.45, 2.75) is 11.4 Å². The first kappa shape index (κ1) is 21.3. The van der Waals surface area contributed by atoms with Gasteiger partial charge in [0, 0.05) is 39.3 Å². The zero-order chi connectivity index (χ0) is 20.7. The van der Waals surface area contributed by atoms with Gasteiger partial charge in [-0.2, -0.15) is 0 Å². The molecule has 7 nitrogen and oxygen atoms in total. The van der Waals surface area contributed by atoms with E-state index in [-0.39, 0.29) is 23.3 Å². The fraction of sp³-hybridized carbons (Fsp3) is 0.200. The molecule has 148 valence electrons. The second-order valence-corrected chi connectivity index (χ2v) is 8.27. The van der Waals surface area contributed by atoms with Crippen LogP contribution in [0.3, 0.4) is 0 Å². The minimum atomic E-state index is -3.59. The van der Waals surface area contributed by atoms with E-state index in [4.69, 9.17) is 0 Å². The number of nitrogens with one attached hydrogen (secondary N) is 2. The summed E-state index contributed by atoms with van der Waals surface area (Å²) in [4.78, 5) is 23.8. The van der Waals surface area contributed by atoms with Crippen molar-refractivity contribution in [1.29, 1.82) is 0 Å². The topological polar surface area (TPSA) is 95.6 Å². The van der Waals surface area contributed by atoms with E-state index in [2.05, 4.69) is 10.6 Å². The van der Waals surface area contributed by atoms with E-state index >= 15 is 0 Å². The zero-order valence-electron chi connectivity index (χ0n) is 16.0. The Bertz CT molecular complexity index is 981. The number of rotatable bonds is 7. The monoisotopic (exact) mass is 401 g/mol. The van der Waals surface area contributed by atoms with Gasteiger partial charge in [0.05, 0.1) is 4.90 Å². The third-order valence-corrected chi connectivity index (χ3v) is 5.93. The first-order valence-corrected chi connectivity index (χ1v) is 9.98. The lowest BCUT2D eigenvalue weighted by Gasteiger charge is -2.15. The maximum Gasteiger partial charge on any atom is 0.251 e. The van der Waals surface area contributed by atoms with Crippen LogP contribution in [0.25, 0.3) is 6.08 Å². The summed E-state index contributed by atoms with van der Waals surface area (Å²) < 4.78 is 25.9. The molecular formula is C20H23N3O4S. The molecular weight excluding hydrogens is 378 g/mol. The quantitative estimate of drug-likeness (QED) is 0.690. The van der Waals surface area contributed by atoms with Gasteiger partial charge in [-0.05, 0) is 35.4 Å². The minimum Gasteiger partial charge on any atom is -0.355 e. The van der Waals surface area contributed by atoms with E-state index in [1.807, 2.05) is 0 Å². The normalized spacial score (nSPS) is 11.6. The highest BCUT2D eigenvalue weighted by Crippen LogP contribution is 2.18. The van der Waals surface area contributed by atoms with Crippen molar-refractivity contribution in [2.24, 2.45) is 0 Å². The van der Waals surface area contributed by atoms with Crippen molar-refractivity contribution < 1.29 is 18.0 Å². The SMILES string of the molecule is CNC(=O)c1ccc(C=CC(=O)NCc2ccccc2S(=O)(=O)N(C)C)cc1. The summed E-state index contributed by atoms with van der Waals surface area (Å²) in [5.41, 5.74) is 1.80. The number of carbonyl (C=O) groups excluding carboxylic acids is 2. The Morgan fingerprint density at radius 1 is 1.04 bits per heavy atom. The molecule has 2 rings (SSSR count). The molecule has 0 saturated heterocycles. The molecule has 0 aromatic heterocycles. The summed E-state index contributed by atoms with van der Waals surface area (Å²) in [6.45, 7) is 0.0853. The summed E-state index contributed by atoms with van der Waals surface area (Å²) in [6, 6.07) is 13.3. The maximum absolute atomic E-state index is 12.4. The van der Waals surface area contributed by atoms with E-state index < -0.39 is 10.0 Å². The van der Waals surface area contributed by atoms with Gasteiger partial charge in [-0.3, -0.25) is 9.59 Å². The Balaban J connectivity index is 2.04. The Kier molecular flexibility index (Phi) is 7.08. The molecule has 2 aromatic rings. The molecule has 0 aliphatic carbocycles. The summed E-state index contributed by atoms with van der Waals surface area (Å²) in [6.07, 6.45) is 2.98. The fourth-order valence-electron chi connectivity index (χ4n) is 2.40. The van der Waals surface area contributed by atoms with Crippen molar-refractivity contribution in [3.05, 3.63) is 71.3 Å². The number of sulfonamides is 1. The maximum atomic E-state index is 12.4. The van der Waals surface area contributed by atoms with Crippen molar-refractivity contribution in [3.63, 3.8) is 0 Å². The summed E-state index contributed by atoms with van der Waals surface area (Å²) in [5, 5.41) is 5.22. The van der Waals surface area contributed by atoms with Crippen LogP contribution in [0, 0.1) is 0 Å². The standard InChI is InChI=1S/C20H23N3O4S/c1-21-20(25)16-11-8-15(9-12-16)10-13-19(24)22-14-17-6-4-5-7-18(17)28(26,27)23(2)3/h4-13H,14H2,1-3H3,(H,21,25)(H,22,24). The van der Waals surface area contributed by atoms with Crippen LogP contribution in [0.1, 0.15) is 21.5 Å². The molecule has 0 saturated carbocycles. The lowest BCUT2D eigenvalue weighted by atomic mass is 10.1. The van der Waals surface area contributed by atoms with Crippen LogP contribution in [0.5, 0.6) is 0 Å². The van der Waals surface area contributed by atoms with Gasteiger partial charge in [-0.1, -0.05) is 30.3 Å². The van der Waals surface area contributed by atoms with E-state index in [9.17, 15) is 18.0 Å². The van der Waals surface area contributed by atoms with Crippen LogP contribution in [0.15, 0.2) is 59.5 Å². The Morgan fingerprint density at radius 2 is 1.68 bits per heavy atom. The van der Waals surface area contributed by atoms with Crippen molar-refractivity contribution >= 4 is 27.9 Å². The van der Waals surface area contributed by atoms with Crippen LogP contribution in [0.2, 0.25) is 0 Å². The summed E-state index contributed by atoms with van der Waals surface area (Å²) in [5.74, 6) is -0.535. The van der Waals surface area contributed by atoms with Gasteiger partial charge < -0.3 is 10.6 Å². The van der Waals surface area contributed by atoms with Gasteiger partial charge in [-0.15, -0.1) is 0 Å². The highest BCUT2D eigenvalue weighted by Gasteiger charge is 2.20. The highest BCUT2D eigenvalue weighted by atomic mass is 32.2. The number of benzene rings is 2. The molecule has 0 fully saturated rings. The molecule has 2 amide bonds. The predicted octanol–water partition coefficient (Wildman–Crippen LogP) is 1.63. The molecule has 0 radical (unpaired) electrons. The first-order chi connectivity index (χ1) is 13.3. The van der Waals surface area contributed by atoms with E-state index in [1.54, 1.807) is 55.6 Å². The molecule has 0 aliphatic heterocycles. The molecule has 2 N–H and O–H groups in total. The van der Waals surface area contributed by atoms with Crippen molar-refractivity contribution in [1.82, 2.24) is 14.9 Å². The van der Waals surface area contributed by atoms with Crippen molar-refractivity contribution in [2.75, 3.05) is 21.1 Å². The fourth-order valence-corrected chi connectivity index (χ4v) is 3.52. The van der Waals surface area contributed by atoms with Gasteiger partial charge in [0.2, 0.25) is 15.9 Å². The molecule has 0 spiro atoms. The third-order valence-electron chi connectivity index (χ3n) is 4.01. The van der Waals surface area contributed by atoms with Gasteiger partial charge in [0.15, 0.2) is 0 Å². The second kappa shape index (κ2) is 9.29. The molecule has 0 aliphatic rings. The summed E-state index contributed by atoms with van der Waals surface area (Å²) in [7, 11) is 0.888. The molecule has 0 bridgehead atoms. The molecule has 8 heteroatoms. The lowest BCUT2D eigenvalue weighted by Crippen LogP contribution is -2.26. The average Bonchev–Trinajstić information content (AvgIpc) is 2.70. The highest BCUT2D eigenvalue weighted by molar-refractivity contribution is 7.89. The van der Waals surface area contributed by atoms with Gasteiger partial charge >= 0.3 is 0 Å². The third kappa shape index (κ3) is 5.28. The smallest absolute Gasteiger partial charge is 0.251 e. The van der Waals surface area contributed by atoms with Crippen molar-refractivity contribution in [3.8, 4) is 0 Å². The van der Waals surface area contributed by atoms with Crippen LogP contribution >= 0.6 is 0 Å². The largest absolute Gasteiger partial charge is 0.355 e. The molecule has 0 heterocycles. The minimum absolute atomic E-state index is 0.0853. The van der Waals surface area contributed by atoms with Gasteiger partial charge in [0.25, 0.3) is 5.91 Å². The van der Waals surface area contributed by atoms with Crippen LogP contribution in [-0.2, 0) is 21.4 Å². The molecule has 2 aromatic carbocycles. The molecule has 0 atom stereocenters. The number of nitrogens with zero attached hydrogens (tertiary/aromatic N) is 1. The lowest BCUT2D eigenvalue weighted by molar-refractivity contribution is -0.116. The summed E-state index contributed by atoms with van der Waals surface area (Å²) >= 11 is 0. The Labute approximate surface area is 165 Å².